The minimum absolute atomic E-state index is 0.614. The van der Waals surface area contributed by atoms with Gasteiger partial charge in [0.1, 0.15) is 5.60 Å². The molecule has 0 saturated heterocycles. The number of aryl methyl sites for hydroxylation is 1. The third-order valence-corrected chi connectivity index (χ3v) is 1.98. The molecule has 1 amide bonds. The molecular formula is C13H17NO3. The van der Waals surface area contributed by atoms with E-state index in [2.05, 4.69) is 5.32 Å². The van der Waals surface area contributed by atoms with Crippen LogP contribution in [-0.4, -0.2) is 17.5 Å². The SMILES string of the molecule is Cc1ccccc1NC(=O)C(=O)OC(C)(C)C. The average Bonchev–Trinajstić information content (AvgIpc) is 2.18. The second-order valence-corrected chi connectivity index (χ2v) is 4.77. The Morgan fingerprint density at radius 2 is 1.76 bits per heavy atom. The maximum Gasteiger partial charge on any atom is 0.397 e. The Hall–Kier alpha value is -1.84. The Kier molecular flexibility index (Phi) is 3.89. The van der Waals surface area contributed by atoms with Crippen molar-refractivity contribution < 1.29 is 14.3 Å². The summed E-state index contributed by atoms with van der Waals surface area (Å²) in [7, 11) is 0. The zero-order valence-electron chi connectivity index (χ0n) is 10.5. The van der Waals surface area contributed by atoms with Gasteiger partial charge in [-0.15, -0.1) is 0 Å². The van der Waals surface area contributed by atoms with Gasteiger partial charge >= 0.3 is 11.9 Å². The Labute approximate surface area is 101 Å². The van der Waals surface area contributed by atoms with Gasteiger partial charge in [-0.3, -0.25) is 4.79 Å². The summed E-state index contributed by atoms with van der Waals surface area (Å²) < 4.78 is 4.96. The van der Waals surface area contributed by atoms with E-state index in [1.165, 1.54) is 0 Å². The van der Waals surface area contributed by atoms with Crippen LogP contribution in [0.3, 0.4) is 0 Å². The van der Waals surface area contributed by atoms with Crippen LogP contribution in [0.2, 0.25) is 0 Å². The van der Waals surface area contributed by atoms with Gasteiger partial charge < -0.3 is 10.1 Å². The van der Waals surface area contributed by atoms with Crippen molar-refractivity contribution in [1.29, 1.82) is 0 Å². The van der Waals surface area contributed by atoms with Crippen LogP contribution in [0.25, 0.3) is 0 Å². The van der Waals surface area contributed by atoms with Crippen LogP contribution >= 0.6 is 0 Å². The van der Waals surface area contributed by atoms with Crippen molar-refractivity contribution in [2.24, 2.45) is 0 Å². The molecule has 0 atom stereocenters. The van der Waals surface area contributed by atoms with E-state index in [4.69, 9.17) is 4.74 Å². The maximum absolute atomic E-state index is 11.6. The van der Waals surface area contributed by atoms with Crippen molar-refractivity contribution in [3.63, 3.8) is 0 Å². The molecule has 1 aromatic carbocycles. The number of nitrogens with one attached hydrogen (secondary N) is 1. The predicted octanol–water partition coefficient (Wildman–Crippen LogP) is 2.28. The topological polar surface area (TPSA) is 55.4 Å². The fraction of sp³-hybridized carbons (Fsp3) is 0.385. The first-order valence-electron chi connectivity index (χ1n) is 5.39. The van der Waals surface area contributed by atoms with Gasteiger partial charge in [0.25, 0.3) is 0 Å². The monoisotopic (exact) mass is 235 g/mol. The number of hydrogen-bond donors (Lipinski definition) is 1. The minimum Gasteiger partial charge on any atom is -0.453 e. The van der Waals surface area contributed by atoms with Gasteiger partial charge in [-0.25, -0.2) is 4.79 Å². The van der Waals surface area contributed by atoms with E-state index in [0.717, 1.165) is 5.56 Å². The lowest BCUT2D eigenvalue weighted by Crippen LogP contribution is -2.32. The quantitative estimate of drug-likeness (QED) is 0.600. The molecule has 0 bridgehead atoms. The number of amides is 1. The normalized spacial score (nSPS) is 10.8. The van der Waals surface area contributed by atoms with Crippen LogP contribution in [0.4, 0.5) is 5.69 Å². The average molecular weight is 235 g/mol. The van der Waals surface area contributed by atoms with Gasteiger partial charge in [0, 0.05) is 5.69 Å². The number of ether oxygens (including phenoxy) is 1. The van der Waals surface area contributed by atoms with E-state index in [9.17, 15) is 9.59 Å². The Morgan fingerprint density at radius 3 is 2.29 bits per heavy atom. The summed E-state index contributed by atoms with van der Waals surface area (Å²) in [5.74, 6) is -1.63. The number of esters is 1. The van der Waals surface area contributed by atoms with Crippen molar-refractivity contribution in [3.05, 3.63) is 29.8 Å². The van der Waals surface area contributed by atoms with Crippen LogP contribution in [0, 0.1) is 6.92 Å². The number of para-hydroxylation sites is 1. The number of benzene rings is 1. The summed E-state index contributed by atoms with van der Waals surface area (Å²) in [5.41, 5.74) is 0.841. The van der Waals surface area contributed by atoms with Crippen molar-refractivity contribution >= 4 is 17.6 Å². The molecule has 0 aliphatic carbocycles. The lowest BCUT2D eigenvalue weighted by atomic mass is 10.2. The number of carbonyl (C=O) groups excluding carboxylic acids is 2. The zero-order valence-corrected chi connectivity index (χ0v) is 10.5. The number of anilines is 1. The minimum atomic E-state index is -0.874. The van der Waals surface area contributed by atoms with E-state index in [1.54, 1.807) is 32.9 Å². The fourth-order valence-electron chi connectivity index (χ4n) is 1.21. The van der Waals surface area contributed by atoms with Crippen molar-refractivity contribution in [3.8, 4) is 0 Å². The van der Waals surface area contributed by atoms with E-state index < -0.39 is 17.5 Å². The molecule has 0 spiro atoms. The third kappa shape index (κ3) is 4.26. The van der Waals surface area contributed by atoms with Gasteiger partial charge in [-0.05, 0) is 39.3 Å². The lowest BCUT2D eigenvalue weighted by Gasteiger charge is -2.19. The van der Waals surface area contributed by atoms with E-state index in [1.807, 2.05) is 19.1 Å². The summed E-state index contributed by atoms with van der Waals surface area (Å²) in [6.07, 6.45) is 0. The number of hydrogen-bond acceptors (Lipinski definition) is 3. The first kappa shape index (κ1) is 13.2. The van der Waals surface area contributed by atoms with Gasteiger partial charge in [-0.1, -0.05) is 18.2 Å². The van der Waals surface area contributed by atoms with Gasteiger partial charge in [0.2, 0.25) is 0 Å². The lowest BCUT2D eigenvalue weighted by molar-refractivity contribution is -0.161. The second-order valence-electron chi connectivity index (χ2n) is 4.77. The van der Waals surface area contributed by atoms with E-state index in [-0.39, 0.29) is 0 Å². The molecule has 4 nitrogen and oxygen atoms in total. The smallest absolute Gasteiger partial charge is 0.397 e. The maximum atomic E-state index is 11.6. The molecule has 4 heteroatoms. The summed E-state index contributed by atoms with van der Waals surface area (Å²) in [6.45, 7) is 6.99. The highest BCUT2D eigenvalue weighted by Crippen LogP contribution is 2.14. The van der Waals surface area contributed by atoms with Crippen LogP contribution in [0.15, 0.2) is 24.3 Å². The van der Waals surface area contributed by atoms with Crippen LogP contribution in [0.1, 0.15) is 26.3 Å². The molecule has 0 aliphatic heterocycles. The first-order valence-corrected chi connectivity index (χ1v) is 5.39. The summed E-state index contributed by atoms with van der Waals surface area (Å²) >= 11 is 0. The van der Waals surface area contributed by atoms with Crippen LogP contribution in [0.5, 0.6) is 0 Å². The fourth-order valence-corrected chi connectivity index (χ4v) is 1.21. The van der Waals surface area contributed by atoms with Crippen molar-refractivity contribution in [1.82, 2.24) is 0 Å². The third-order valence-electron chi connectivity index (χ3n) is 1.98. The summed E-state index contributed by atoms with van der Waals surface area (Å²) in [4.78, 5) is 23.0. The van der Waals surface area contributed by atoms with Crippen LogP contribution < -0.4 is 5.32 Å². The molecule has 0 fully saturated rings. The highest BCUT2D eigenvalue weighted by molar-refractivity contribution is 6.37. The highest BCUT2D eigenvalue weighted by atomic mass is 16.6. The molecule has 17 heavy (non-hydrogen) atoms. The largest absolute Gasteiger partial charge is 0.453 e. The highest BCUT2D eigenvalue weighted by Gasteiger charge is 2.22. The molecule has 0 unspecified atom stereocenters. The molecule has 92 valence electrons. The Bertz CT molecular complexity index is 433. The summed E-state index contributed by atoms with van der Waals surface area (Å²) in [6, 6.07) is 7.23. The molecule has 0 aromatic heterocycles. The Balaban J connectivity index is 2.68. The summed E-state index contributed by atoms with van der Waals surface area (Å²) in [5, 5.41) is 2.52. The molecule has 0 radical (unpaired) electrons. The van der Waals surface area contributed by atoms with Crippen LogP contribution in [-0.2, 0) is 14.3 Å². The zero-order chi connectivity index (χ0) is 13.1. The number of rotatable bonds is 1. The number of carbonyl (C=O) groups is 2. The van der Waals surface area contributed by atoms with Gasteiger partial charge in [0.05, 0.1) is 0 Å². The predicted molar refractivity (Wildman–Crippen MR) is 65.7 cm³/mol. The molecule has 1 aromatic rings. The molecule has 1 N–H and O–H groups in total. The van der Waals surface area contributed by atoms with Gasteiger partial charge in [0.15, 0.2) is 0 Å². The Morgan fingerprint density at radius 1 is 1.18 bits per heavy atom. The molecule has 0 aliphatic rings. The molecule has 1 rings (SSSR count). The van der Waals surface area contributed by atoms with Gasteiger partial charge in [-0.2, -0.15) is 0 Å². The van der Waals surface area contributed by atoms with Crippen molar-refractivity contribution in [2.75, 3.05) is 5.32 Å². The standard InChI is InChI=1S/C13H17NO3/c1-9-7-5-6-8-10(9)14-11(15)12(16)17-13(2,3)4/h5-8H,1-4H3,(H,14,15). The van der Waals surface area contributed by atoms with E-state index >= 15 is 0 Å². The van der Waals surface area contributed by atoms with Crippen molar-refractivity contribution in [2.45, 2.75) is 33.3 Å². The molecule has 0 heterocycles. The van der Waals surface area contributed by atoms with E-state index in [0.29, 0.717) is 5.69 Å². The molecular weight excluding hydrogens is 218 g/mol. The first-order chi connectivity index (χ1) is 7.79. The second kappa shape index (κ2) is 4.99. The molecule has 0 saturated carbocycles.